The van der Waals surface area contributed by atoms with Gasteiger partial charge in [0.05, 0.1) is 5.54 Å². The number of aromatic nitrogens is 2. The minimum Gasteiger partial charge on any atom is -0.333 e. The van der Waals surface area contributed by atoms with E-state index in [9.17, 15) is 4.79 Å². The van der Waals surface area contributed by atoms with E-state index in [4.69, 9.17) is 10.8 Å². The van der Waals surface area contributed by atoms with Gasteiger partial charge in [0.15, 0.2) is 5.69 Å². The summed E-state index contributed by atoms with van der Waals surface area (Å²) < 4.78 is 2.06. The van der Waals surface area contributed by atoms with Gasteiger partial charge in [0.25, 0.3) is 5.91 Å². The fraction of sp³-hybridized carbons (Fsp3) is 0.778. The quantitative estimate of drug-likeness (QED) is 0.932. The van der Waals surface area contributed by atoms with E-state index in [-0.39, 0.29) is 23.5 Å². The van der Waals surface area contributed by atoms with Gasteiger partial charge in [0.2, 0.25) is 0 Å². The van der Waals surface area contributed by atoms with Crippen molar-refractivity contribution in [3.8, 4) is 0 Å². The second-order valence-corrected chi connectivity index (χ2v) is 8.23. The van der Waals surface area contributed by atoms with E-state index in [1.165, 1.54) is 18.5 Å². The molecule has 2 atom stereocenters. The lowest BCUT2D eigenvalue weighted by atomic mass is 9.96. The molecule has 0 spiro atoms. The van der Waals surface area contributed by atoms with Crippen LogP contribution in [-0.2, 0) is 5.54 Å². The van der Waals surface area contributed by atoms with E-state index in [0.29, 0.717) is 11.6 Å². The minimum absolute atomic E-state index is 0.00635. The molecule has 2 heterocycles. The molecule has 3 rings (SSSR count). The van der Waals surface area contributed by atoms with Gasteiger partial charge in [-0.2, -0.15) is 5.10 Å². The first kappa shape index (κ1) is 16.5. The SMILES string of the molecule is CC(N)C1CCCCN1C(=O)c1cc(C2CC2)n(C(C)(C)C)n1. The third-order valence-corrected chi connectivity index (χ3v) is 5.00. The zero-order valence-electron chi connectivity index (χ0n) is 14.9. The summed E-state index contributed by atoms with van der Waals surface area (Å²) in [6.45, 7) is 9.23. The van der Waals surface area contributed by atoms with Crippen LogP contribution >= 0.6 is 0 Å². The van der Waals surface area contributed by atoms with Gasteiger partial charge in [-0.05, 0) is 65.9 Å². The predicted molar refractivity (Wildman–Crippen MR) is 91.5 cm³/mol. The molecule has 23 heavy (non-hydrogen) atoms. The summed E-state index contributed by atoms with van der Waals surface area (Å²) >= 11 is 0. The number of amides is 1. The normalized spacial score (nSPS) is 23.9. The van der Waals surface area contributed by atoms with Crippen LogP contribution in [0.25, 0.3) is 0 Å². The summed E-state index contributed by atoms with van der Waals surface area (Å²) in [5.74, 6) is 0.630. The Morgan fingerprint density at radius 3 is 2.57 bits per heavy atom. The highest BCUT2D eigenvalue weighted by Gasteiger charge is 2.35. The molecule has 1 aliphatic carbocycles. The molecule has 128 valence electrons. The second-order valence-electron chi connectivity index (χ2n) is 8.23. The number of carbonyl (C=O) groups excluding carboxylic acids is 1. The van der Waals surface area contributed by atoms with E-state index in [2.05, 4.69) is 25.5 Å². The van der Waals surface area contributed by atoms with Crippen molar-refractivity contribution in [2.45, 2.75) is 83.3 Å². The lowest BCUT2D eigenvalue weighted by Crippen LogP contribution is -2.51. The lowest BCUT2D eigenvalue weighted by molar-refractivity contribution is 0.0576. The maximum absolute atomic E-state index is 13.0. The predicted octanol–water partition coefficient (Wildman–Crippen LogP) is 2.86. The highest BCUT2D eigenvalue weighted by molar-refractivity contribution is 5.92. The highest BCUT2D eigenvalue weighted by Crippen LogP contribution is 2.42. The number of rotatable bonds is 3. The van der Waals surface area contributed by atoms with Gasteiger partial charge >= 0.3 is 0 Å². The lowest BCUT2D eigenvalue weighted by Gasteiger charge is -2.37. The van der Waals surface area contributed by atoms with Crippen molar-refractivity contribution < 1.29 is 4.79 Å². The van der Waals surface area contributed by atoms with Crippen LogP contribution in [0.2, 0.25) is 0 Å². The van der Waals surface area contributed by atoms with Crippen molar-refractivity contribution in [1.29, 1.82) is 0 Å². The molecule has 5 nitrogen and oxygen atoms in total. The van der Waals surface area contributed by atoms with Gasteiger partial charge < -0.3 is 10.6 Å². The van der Waals surface area contributed by atoms with Crippen molar-refractivity contribution in [1.82, 2.24) is 14.7 Å². The molecule has 1 aromatic heterocycles. The van der Waals surface area contributed by atoms with Crippen LogP contribution in [0.4, 0.5) is 0 Å². The molecule has 2 aliphatic rings. The Balaban J connectivity index is 1.90. The standard InChI is InChI=1S/C18H30N4O/c1-12(19)15-7-5-6-10-21(15)17(23)14-11-16(13-8-9-13)22(20-14)18(2,3)4/h11-13,15H,5-10,19H2,1-4H3. The summed E-state index contributed by atoms with van der Waals surface area (Å²) in [7, 11) is 0. The first-order valence-corrected chi connectivity index (χ1v) is 8.96. The molecule has 0 aromatic carbocycles. The summed E-state index contributed by atoms with van der Waals surface area (Å²) in [6.07, 6.45) is 5.63. The number of nitrogens with two attached hydrogens (primary N) is 1. The van der Waals surface area contributed by atoms with Crippen molar-refractivity contribution in [2.24, 2.45) is 5.73 Å². The number of nitrogens with zero attached hydrogens (tertiary/aromatic N) is 3. The Kier molecular flexibility index (Phi) is 4.25. The van der Waals surface area contributed by atoms with Gasteiger partial charge in [-0.25, -0.2) is 0 Å². The summed E-state index contributed by atoms with van der Waals surface area (Å²) in [5.41, 5.74) is 7.83. The van der Waals surface area contributed by atoms with Gasteiger partial charge in [0.1, 0.15) is 0 Å². The summed E-state index contributed by atoms with van der Waals surface area (Å²) in [4.78, 5) is 15.0. The van der Waals surface area contributed by atoms with Crippen molar-refractivity contribution in [3.05, 3.63) is 17.5 Å². The van der Waals surface area contributed by atoms with Gasteiger partial charge in [0, 0.05) is 30.2 Å². The molecule has 0 radical (unpaired) electrons. The summed E-state index contributed by atoms with van der Waals surface area (Å²) in [5, 5.41) is 4.70. The molecule has 1 amide bonds. The maximum Gasteiger partial charge on any atom is 0.274 e. The van der Waals surface area contributed by atoms with Crippen LogP contribution in [0.1, 0.15) is 81.9 Å². The van der Waals surface area contributed by atoms with Crippen LogP contribution in [0.15, 0.2) is 6.07 Å². The first-order chi connectivity index (χ1) is 10.8. The van der Waals surface area contributed by atoms with Gasteiger partial charge in [-0.15, -0.1) is 0 Å². The minimum atomic E-state index is -0.0983. The fourth-order valence-corrected chi connectivity index (χ4v) is 3.61. The third kappa shape index (κ3) is 3.30. The number of hydrogen-bond donors (Lipinski definition) is 1. The van der Waals surface area contributed by atoms with Gasteiger partial charge in [-0.3, -0.25) is 9.48 Å². The molecule has 5 heteroatoms. The number of hydrogen-bond acceptors (Lipinski definition) is 3. The van der Waals surface area contributed by atoms with Crippen LogP contribution < -0.4 is 5.73 Å². The molecule has 1 saturated carbocycles. The van der Waals surface area contributed by atoms with Crippen molar-refractivity contribution in [2.75, 3.05) is 6.54 Å². The third-order valence-electron chi connectivity index (χ3n) is 5.00. The molecule has 2 N–H and O–H groups in total. The van der Waals surface area contributed by atoms with Crippen molar-refractivity contribution in [3.63, 3.8) is 0 Å². The van der Waals surface area contributed by atoms with Crippen molar-refractivity contribution >= 4 is 5.91 Å². The number of piperidine rings is 1. The van der Waals surface area contributed by atoms with Crippen LogP contribution in [0, 0.1) is 0 Å². The summed E-state index contributed by atoms with van der Waals surface area (Å²) in [6, 6.07) is 2.17. The topological polar surface area (TPSA) is 64.2 Å². The van der Waals surface area contributed by atoms with Crippen LogP contribution in [0.3, 0.4) is 0 Å². The second kappa shape index (κ2) is 5.93. The van der Waals surface area contributed by atoms with E-state index < -0.39 is 0 Å². The monoisotopic (exact) mass is 318 g/mol. The Morgan fingerprint density at radius 1 is 1.30 bits per heavy atom. The average molecular weight is 318 g/mol. The van der Waals surface area contributed by atoms with E-state index in [0.717, 1.165) is 25.8 Å². The molecule has 2 fully saturated rings. The Bertz CT molecular complexity index is 580. The number of likely N-dealkylation sites (tertiary alicyclic amines) is 1. The molecule has 2 unspecified atom stereocenters. The van der Waals surface area contributed by atoms with E-state index in [1.807, 2.05) is 17.9 Å². The van der Waals surface area contributed by atoms with E-state index in [1.54, 1.807) is 0 Å². The Labute approximate surface area is 139 Å². The smallest absolute Gasteiger partial charge is 0.274 e. The highest BCUT2D eigenvalue weighted by atomic mass is 16.2. The molecule has 1 aromatic rings. The molecular formula is C18H30N4O. The van der Waals surface area contributed by atoms with E-state index >= 15 is 0 Å². The largest absolute Gasteiger partial charge is 0.333 e. The first-order valence-electron chi connectivity index (χ1n) is 8.96. The molecule has 1 saturated heterocycles. The Hall–Kier alpha value is -1.36. The molecular weight excluding hydrogens is 288 g/mol. The Morgan fingerprint density at radius 2 is 2.00 bits per heavy atom. The zero-order chi connectivity index (χ0) is 16.8. The average Bonchev–Trinajstić information content (AvgIpc) is 3.23. The van der Waals surface area contributed by atoms with Crippen LogP contribution in [-0.4, -0.2) is 39.2 Å². The maximum atomic E-state index is 13.0. The number of carbonyl (C=O) groups is 1. The molecule has 0 bridgehead atoms. The molecule has 1 aliphatic heterocycles. The van der Waals surface area contributed by atoms with Crippen LogP contribution in [0.5, 0.6) is 0 Å². The van der Waals surface area contributed by atoms with Gasteiger partial charge in [-0.1, -0.05) is 0 Å². The fourth-order valence-electron chi connectivity index (χ4n) is 3.61. The zero-order valence-corrected chi connectivity index (χ0v) is 14.9.